The third-order valence-corrected chi connectivity index (χ3v) is 9.65. The summed E-state index contributed by atoms with van der Waals surface area (Å²) in [6.07, 6.45) is 1.71. The largest absolute Gasteiger partial charge is 0.748 e. The maximum atomic E-state index is 11.8. The fourth-order valence-electron chi connectivity index (χ4n) is 6.39. The van der Waals surface area contributed by atoms with Gasteiger partial charge in [-0.15, -0.1) is 0 Å². The third-order valence-electron chi connectivity index (χ3n) is 8.81. The first-order chi connectivity index (χ1) is 16.0. The van der Waals surface area contributed by atoms with Gasteiger partial charge in [0, 0.05) is 23.0 Å². The second-order valence-corrected chi connectivity index (χ2v) is 12.2. The first-order valence-electron chi connectivity index (χ1n) is 12.1. The molecular weight excluding hydrogens is 450 g/mol. The molecule has 6 nitrogen and oxygen atoms in total. The summed E-state index contributed by atoms with van der Waals surface area (Å²) in [6.45, 7) is 6.79. The Balaban J connectivity index is 0.000000166. The maximum absolute atomic E-state index is 11.8. The molecule has 2 saturated carbocycles. The number of benzene rings is 2. The summed E-state index contributed by atoms with van der Waals surface area (Å²) in [6, 6.07) is 21.8. The van der Waals surface area contributed by atoms with Crippen molar-refractivity contribution in [3.05, 3.63) is 71.8 Å². The Bertz CT molecular complexity index is 1080. The van der Waals surface area contributed by atoms with Crippen molar-refractivity contribution in [3.8, 4) is 0 Å². The SMILES string of the molecule is CC1(C)[C@H]2CC[C@]1(CS(=O)(=O)[O-])C(=O)C2.C[C@H]1[C@H](O)C[NH+]1C(c1ccccc1)c1ccccc1. The van der Waals surface area contributed by atoms with Crippen LogP contribution in [-0.2, 0) is 14.9 Å². The molecule has 2 N–H and O–H groups in total. The Labute approximate surface area is 202 Å². The Kier molecular flexibility index (Phi) is 6.77. The lowest BCUT2D eigenvalue weighted by atomic mass is 9.70. The molecule has 7 heteroatoms. The molecule has 2 bridgehead atoms. The monoisotopic (exact) mass is 485 g/mol. The molecule has 1 saturated heterocycles. The molecule has 1 unspecified atom stereocenters. The van der Waals surface area contributed by atoms with Gasteiger partial charge < -0.3 is 14.6 Å². The van der Waals surface area contributed by atoms with Crippen molar-refractivity contribution in [2.45, 2.75) is 58.2 Å². The number of carbonyl (C=O) groups excluding carboxylic acids is 1. The number of hydrogen-bond acceptors (Lipinski definition) is 5. The van der Waals surface area contributed by atoms with Crippen molar-refractivity contribution in [1.29, 1.82) is 0 Å². The second kappa shape index (κ2) is 9.19. The molecule has 0 radical (unpaired) electrons. The van der Waals surface area contributed by atoms with Crippen LogP contribution >= 0.6 is 0 Å². The van der Waals surface area contributed by atoms with Gasteiger partial charge in [0.2, 0.25) is 0 Å². The van der Waals surface area contributed by atoms with E-state index in [4.69, 9.17) is 0 Å². The van der Waals surface area contributed by atoms with Gasteiger partial charge >= 0.3 is 0 Å². The normalized spacial score (nSPS) is 31.6. The maximum Gasteiger partial charge on any atom is 0.154 e. The van der Waals surface area contributed by atoms with Crippen LogP contribution < -0.4 is 4.90 Å². The summed E-state index contributed by atoms with van der Waals surface area (Å²) in [5.41, 5.74) is 1.42. The van der Waals surface area contributed by atoms with E-state index >= 15 is 0 Å². The van der Waals surface area contributed by atoms with Gasteiger partial charge in [0.05, 0.1) is 15.9 Å². The van der Waals surface area contributed by atoms with E-state index < -0.39 is 21.3 Å². The van der Waals surface area contributed by atoms with E-state index in [1.54, 1.807) is 0 Å². The van der Waals surface area contributed by atoms with E-state index in [0.717, 1.165) is 13.0 Å². The molecular formula is C27H35NO5S. The van der Waals surface area contributed by atoms with Crippen LogP contribution in [0.2, 0.25) is 0 Å². The average Bonchev–Trinajstić information content (AvgIpc) is 3.14. The molecule has 0 amide bonds. The molecule has 0 spiro atoms. The molecule has 2 aromatic carbocycles. The summed E-state index contributed by atoms with van der Waals surface area (Å²) in [5, 5.41) is 9.81. The highest BCUT2D eigenvalue weighted by atomic mass is 32.2. The van der Waals surface area contributed by atoms with Gasteiger partial charge in [-0.25, -0.2) is 8.42 Å². The van der Waals surface area contributed by atoms with Crippen molar-refractivity contribution in [2.75, 3.05) is 12.3 Å². The van der Waals surface area contributed by atoms with Gasteiger partial charge in [0.15, 0.2) is 6.10 Å². The minimum absolute atomic E-state index is 0.0248. The molecule has 184 valence electrons. The van der Waals surface area contributed by atoms with Gasteiger partial charge in [-0.05, 0) is 31.1 Å². The van der Waals surface area contributed by atoms with E-state index in [-0.39, 0.29) is 23.2 Å². The van der Waals surface area contributed by atoms with Crippen LogP contribution in [0.3, 0.4) is 0 Å². The molecule has 3 fully saturated rings. The molecule has 5 atom stereocenters. The Morgan fingerprint density at radius 2 is 1.59 bits per heavy atom. The summed E-state index contributed by atoms with van der Waals surface area (Å²) >= 11 is 0. The number of rotatable bonds is 5. The highest BCUT2D eigenvalue weighted by Crippen LogP contribution is 2.64. The van der Waals surface area contributed by atoms with Crippen molar-refractivity contribution in [1.82, 2.24) is 0 Å². The summed E-state index contributed by atoms with van der Waals surface area (Å²) in [4.78, 5) is 13.3. The van der Waals surface area contributed by atoms with Gasteiger partial charge in [-0.1, -0.05) is 74.5 Å². The van der Waals surface area contributed by atoms with E-state index in [9.17, 15) is 22.9 Å². The number of nitrogens with one attached hydrogen (secondary N) is 1. The van der Waals surface area contributed by atoms with E-state index in [1.807, 2.05) is 13.8 Å². The minimum atomic E-state index is -4.33. The number of ketones is 1. The van der Waals surface area contributed by atoms with Crippen molar-refractivity contribution in [2.24, 2.45) is 16.7 Å². The van der Waals surface area contributed by atoms with Crippen LogP contribution in [0.1, 0.15) is 57.2 Å². The average molecular weight is 486 g/mol. The molecule has 34 heavy (non-hydrogen) atoms. The van der Waals surface area contributed by atoms with Gasteiger partial charge in [0.25, 0.3) is 0 Å². The lowest BCUT2D eigenvalue weighted by molar-refractivity contribution is -0.997. The topological polar surface area (TPSA) is 98.9 Å². The quantitative estimate of drug-likeness (QED) is 0.634. The highest BCUT2D eigenvalue weighted by Gasteiger charge is 2.64. The summed E-state index contributed by atoms with van der Waals surface area (Å²) < 4.78 is 32.7. The van der Waals surface area contributed by atoms with Crippen LogP contribution in [0.5, 0.6) is 0 Å². The van der Waals surface area contributed by atoms with Crippen LogP contribution in [0.25, 0.3) is 0 Å². The molecule has 2 aliphatic carbocycles. The van der Waals surface area contributed by atoms with Gasteiger partial charge in [0.1, 0.15) is 24.4 Å². The van der Waals surface area contributed by atoms with E-state index in [2.05, 4.69) is 67.6 Å². The van der Waals surface area contributed by atoms with Gasteiger partial charge in [-0.3, -0.25) is 4.79 Å². The van der Waals surface area contributed by atoms with Crippen molar-refractivity contribution >= 4 is 15.9 Å². The molecule has 5 rings (SSSR count). The third kappa shape index (κ3) is 4.47. The summed E-state index contributed by atoms with van der Waals surface area (Å²) in [7, 11) is -4.33. The molecule has 0 aromatic heterocycles. The Morgan fingerprint density at radius 1 is 1.06 bits per heavy atom. The zero-order chi connectivity index (χ0) is 24.7. The number of Topliss-reactive ketones (excluding diaryl/α,β-unsaturated/α-hetero) is 1. The van der Waals surface area contributed by atoms with Gasteiger partial charge in [-0.2, -0.15) is 0 Å². The lowest BCUT2D eigenvalue weighted by Crippen LogP contribution is -3.25. The van der Waals surface area contributed by atoms with Crippen LogP contribution in [0.15, 0.2) is 60.7 Å². The molecule has 1 aliphatic heterocycles. The highest BCUT2D eigenvalue weighted by molar-refractivity contribution is 7.85. The zero-order valence-electron chi connectivity index (χ0n) is 20.1. The number of carbonyl (C=O) groups is 1. The predicted octanol–water partition coefficient (Wildman–Crippen LogP) is 2.35. The van der Waals surface area contributed by atoms with E-state index in [1.165, 1.54) is 16.0 Å². The number of aliphatic hydroxyl groups excluding tert-OH is 1. The standard InChI is InChI=1S/C17H19NO.C10H16O4S/c1-13-16(19)12-18(13)17(14-8-4-2-5-9-14)15-10-6-3-7-11-15;1-9(2)7-3-4-10(9,8(11)5-7)6-15(12,13)14/h2-11,13,16-17,19H,12H2,1H3;7H,3-6H2,1-2H3,(H,12,13,14)/t13-,16+;7-,10-/m00/s1. The predicted molar refractivity (Wildman–Crippen MR) is 129 cm³/mol. The van der Waals surface area contributed by atoms with Crippen molar-refractivity contribution < 1.29 is 27.8 Å². The molecule has 2 aromatic rings. The Hall–Kier alpha value is -2.06. The van der Waals surface area contributed by atoms with E-state index in [0.29, 0.717) is 24.9 Å². The smallest absolute Gasteiger partial charge is 0.154 e. The lowest BCUT2D eigenvalue weighted by Gasteiger charge is -2.44. The van der Waals surface area contributed by atoms with Crippen LogP contribution in [0.4, 0.5) is 0 Å². The summed E-state index contributed by atoms with van der Waals surface area (Å²) in [5.74, 6) is -0.280. The number of aliphatic hydroxyl groups is 1. The number of likely N-dealkylation sites (tertiary alicyclic amines) is 1. The minimum Gasteiger partial charge on any atom is -0.748 e. The first-order valence-corrected chi connectivity index (χ1v) is 13.6. The van der Waals surface area contributed by atoms with Crippen LogP contribution in [0, 0.1) is 16.7 Å². The molecule has 1 heterocycles. The number of hydrogen-bond donors (Lipinski definition) is 2. The van der Waals surface area contributed by atoms with Crippen molar-refractivity contribution in [3.63, 3.8) is 0 Å². The first kappa shape index (κ1) is 25.0. The molecule has 3 aliphatic rings. The number of fused-ring (bicyclic) bond motifs is 2. The fraction of sp³-hybridized carbons (Fsp3) is 0.519. The number of quaternary nitrogens is 1. The fourth-order valence-corrected chi connectivity index (χ4v) is 7.67. The van der Waals surface area contributed by atoms with Crippen LogP contribution in [-0.4, -0.2) is 48.3 Å². The Morgan fingerprint density at radius 3 is 1.94 bits per heavy atom. The second-order valence-electron chi connectivity index (χ2n) is 10.8. The zero-order valence-corrected chi connectivity index (χ0v) is 20.9.